The molecule has 0 aliphatic rings. The van der Waals surface area contributed by atoms with E-state index in [0.29, 0.717) is 31.9 Å². The molecule has 0 fully saturated rings. The van der Waals surface area contributed by atoms with Crippen molar-refractivity contribution in [3.63, 3.8) is 0 Å². The zero-order valence-corrected chi connectivity index (χ0v) is 20.6. The summed E-state index contributed by atoms with van der Waals surface area (Å²) < 4.78 is 25.9. The molecule has 3 aromatic carbocycles. The Morgan fingerprint density at radius 3 is 2.58 bits per heavy atom. The number of hydrogen-bond donors (Lipinski definition) is 1. The van der Waals surface area contributed by atoms with E-state index in [9.17, 15) is 14.4 Å². The zero-order valence-electron chi connectivity index (χ0n) is 18.4. The van der Waals surface area contributed by atoms with Crippen molar-refractivity contribution in [2.45, 2.75) is 20.5 Å². The number of aryl methyl sites for hydroxylation is 2. The Hall–Kier alpha value is -3.38. The van der Waals surface area contributed by atoms with Crippen molar-refractivity contribution >= 4 is 40.3 Å². The van der Waals surface area contributed by atoms with Gasteiger partial charge in [0.25, 0.3) is 5.91 Å². The van der Waals surface area contributed by atoms with Gasteiger partial charge in [-0.25, -0.2) is 4.39 Å². The molecule has 0 radical (unpaired) electrons. The van der Waals surface area contributed by atoms with Crippen molar-refractivity contribution in [3.05, 3.63) is 91.8 Å². The third-order valence-corrected chi connectivity index (χ3v) is 5.82. The van der Waals surface area contributed by atoms with Crippen LogP contribution in [0.15, 0.2) is 60.2 Å². The van der Waals surface area contributed by atoms with Crippen molar-refractivity contribution in [3.8, 4) is 17.6 Å². The molecule has 1 amide bonds. The minimum absolute atomic E-state index is 0.0377. The van der Waals surface area contributed by atoms with Crippen LogP contribution in [0.1, 0.15) is 22.3 Å². The normalized spacial score (nSPS) is 11.0. The monoisotopic (exact) mass is 556 g/mol. The van der Waals surface area contributed by atoms with Gasteiger partial charge in [-0.3, -0.25) is 4.79 Å². The van der Waals surface area contributed by atoms with Gasteiger partial charge in [-0.1, -0.05) is 24.3 Å². The molecule has 33 heavy (non-hydrogen) atoms. The molecule has 5 nitrogen and oxygen atoms in total. The molecule has 0 aliphatic carbocycles. The van der Waals surface area contributed by atoms with Gasteiger partial charge in [-0.15, -0.1) is 0 Å². The second kappa shape index (κ2) is 11.0. The topological polar surface area (TPSA) is 71.3 Å². The van der Waals surface area contributed by atoms with Crippen LogP contribution in [0, 0.1) is 34.6 Å². The van der Waals surface area contributed by atoms with Gasteiger partial charge in [0, 0.05) is 11.3 Å². The van der Waals surface area contributed by atoms with Crippen molar-refractivity contribution in [2.75, 3.05) is 12.4 Å². The summed E-state index contributed by atoms with van der Waals surface area (Å²) in [4.78, 5) is 12.6. The quantitative estimate of drug-likeness (QED) is 0.214. The molecule has 0 aromatic heterocycles. The van der Waals surface area contributed by atoms with Gasteiger partial charge in [-0.05, 0) is 89.5 Å². The number of hydrogen-bond acceptors (Lipinski definition) is 4. The van der Waals surface area contributed by atoms with Gasteiger partial charge in [-0.2, -0.15) is 5.26 Å². The number of halogens is 2. The lowest BCUT2D eigenvalue weighted by Gasteiger charge is -2.14. The highest BCUT2D eigenvalue weighted by atomic mass is 127. The number of anilines is 1. The van der Waals surface area contributed by atoms with E-state index < -0.39 is 5.91 Å². The zero-order chi connectivity index (χ0) is 24.0. The van der Waals surface area contributed by atoms with E-state index in [2.05, 4.69) is 27.9 Å². The number of amides is 1. The molecule has 1 N–H and O–H groups in total. The fourth-order valence-corrected chi connectivity index (χ4v) is 3.84. The Bertz CT molecular complexity index is 1260. The molecule has 0 heterocycles. The fraction of sp³-hybridized carbons (Fsp3) is 0.154. The molecule has 3 aromatic rings. The van der Waals surface area contributed by atoms with Gasteiger partial charge in [0.15, 0.2) is 11.5 Å². The third-order valence-electron chi connectivity index (χ3n) is 5.02. The van der Waals surface area contributed by atoms with Gasteiger partial charge in [0.1, 0.15) is 24.1 Å². The van der Waals surface area contributed by atoms with Gasteiger partial charge < -0.3 is 14.8 Å². The van der Waals surface area contributed by atoms with E-state index in [0.717, 1.165) is 11.1 Å². The van der Waals surface area contributed by atoms with E-state index in [1.54, 1.807) is 36.4 Å². The lowest BCUT2D eigenvalue weighted by atomic mass is 10.1. The number of nitrogens with zero attached hydrogens (tertiary/aromatic N) is 1. The maximum absolute atomic E-state index is 13.9. The molecule has 0 atom stereocenters. The van der Waals surface area contributed by atoms with Crippen LogP contribution < -0.4 is 14.8 Å². The average molecular weight is 556 g/mol. The number of nitrogens with one attached hydrogen (secondary N) is 1. The molecule has 0 spiro atoms. The number of nitriles is 1. The number of carbonyl (C=O) groups excluding carboxylic acids is 1. The summed E-state index contributed by atoms with van der Waals surface area (Å²) in [6.45, 7) is 3.98. The fourth-order valence-electron chi connectivity index (χ4n) is 3.06. The minimum Gasteiger partial charge on any atom is -0.493 e. The number of rotatable bonds is 7. The maximum atomic E-state index is 13.9. The summed E-state index contributed by atoms with van der Waals surface area (Å²) in [6.07, 6.45) is 1.49. The van der Waals surface area contributed by atoms with Crippen LogP contribution in [0.3, 0.4) is 0 Å². The molecule has 7 heteroatoms. The van der Waals surface area contributed by atoms with Crippen LogP contribution in [0.2, 0.25) is 0 Å². The van der Waals surface area contributed by atoms with E-state index in [4.69, 9.17) is 9.47 Å². The van der Waals surface area contributed by atoms with Gasteiger partial charge in [0.2, 0.25) is 0 Å². The van der Waals surface area contributed by atoms with Crippen LogP contribution in [0.4, 0.5) is 10.1 Å². The summed E-state index contributed by atoms with van der Waals surface area (Å²) in [6, 6.07) is 17.3. The largest absolute Gasteiger partial charge is 0.493 e. The van der Waals surface area contributed by atoms with Crippen molar-refractivity contribution in [2.24, 2.45) is 0 Å². The van der Waals surface area contributed by atoms with Crippen LogP contribution >= 0.6 is 22.6 Å². The molecule has 0 aliphatic heterocycles. The van der Waals surface area contributed by atoms with Crippen molar-refractivity contribution in [1.29, 1.82) is 5.26 Å². The number of ether oxygens (including phenoxy) is 2. The molecule has 168 valence electrons. The Balaban J connectivity index is 1.83. The van der Waals surface area contributed by atoms with Gasteiger partial charge in [0.05, 0.1) is 10.7 Å². The lowest BCUT2D eigenvalue weighted by molar-refractivity contribution is -0.112. The smallest absolute Gasteiger partial charge is 0.266 e. The highest BCUT2D eigenvalue weighted by Gasteiger charge is 2.15. The Labute approximate surface area is 206 Å². The Morgan fingerprint density at radius 2 is 1.91 bits per heavy atom. The molecular weight excluding hydrogens is 534 g/mol. The average Bonchev–Trinajstić information content (AvgIpc) is 2.79. The number of carbonyl (C=O) groups is 1. The first-order valence-corrected chi connectivity index (χ1v) is 11.1. The standard InChI is InChI=1S/C26H22FIN2O3/c1-16-8-9-21(10-17(16)2)30-26(31)20(14-29)11-18-12-23(28)25(24(13-18)32-3)33-15-19-6-4-5-7-22(19)27/h4-13H,15H2,1-3H3,(H,30,31)/b20-11+. The molecule has 0 unspecified atom stereocenters. The Morgan fingerprint density at radius 1 is 1.15 bits per heavy atom. The third kappa shape index (κ3) is 6.11. The summed E-state index contributed by atoms with van der Waals surface area (Å²) in [5.74, 6) is 0.0158. The van der Waals surface area contributed by atoms with Crippen molar-refractivity contribution < 1.29 is 18.7 Å². The predicted octanol–water partition coefficient (Wildman–Crippen LogP) is 6.18. The SMILES string of the molecule is COc1cc(/C=C(\C#N)C(=O)Nc2ccc(C)c(C)c2)cc(I)c1OCc1ccccc1F. The van der Waals surface area contributed by atoms with Crippen LogP contribution in [0.5, 0.6) is 11.5 Å². The summed E-state index contributed by atoms with van der Waals surface area (Å²) in [5, 5.41) is 12.3. The van der Waals surface area contributed by atoms with Crippen molar-refractivity contribution in [1.82, 2.24) is 0 Å². The first-order chi connectivity index (χ1) is 15.8. The van der Waals surface area contributed by atoms with E-state index in [-0.39, 0.29) is 18.0 Å². The first kappa shape index (κ1) is 24.3. The van der Waals surface area contributed by atoms with Crippen LogP contribution in [-0.4, -0.2) is 13.0 Å². The van der Waals surface area contributed by atoms with Crippen LogP contribution in [0.25, 0.3) is 6.08 Å². The second-order valence-electron chi connectivity index (χ2n) is 7.34. The molecule has 0 saturated heterocycles. The van der Waals surface area contributed by atoms with Gasteiger partial charge >= 0.3 is 0 Å². The minimum atomic E-state index is -0.505. The number of methoxy groups -OCH3 is 1. The lowest BCUT2D eigenvalue weighted by Crippen LogP contribution is -2.13. The summed E-state index contributed by atoms with van der Waals surface area (Å²) in [5.41, 5.74) is 3.75. The second-order valence-corrected chi connectivity index (χ2v) is 8.50. The van der Waals surface area contributed by atoms with E-state index in [1.165, 1.54) is 19.3 Å². The first-order valence-electron chi connectivity index (χ1n) is 10.1. The summed E-state index contributed by atoms with van der Waals surface area (Å²) >= 11 is 2.08. The number of benzene rings is 3. The highest BCUT2D eigenvalue weighted by molar-refractivity contribution is 14.1. The van der Waals surface area contributed by atoms with E-state index in [1.807, 2.05) is 32.0 Å². The maximum Gasteiger partial charge on any atom is 0.266 e. The molecule has 0 bridgehead atoms. The van der Waals surface area contributed by atoms with Crippen LogP contribution in [-0.2, 0) is 11.4 Å². The molecular formula is C26H22FIN2O3. The molecule has 3 rings (SSSR count). The van der Waals surface area contributed by atoms with E-state index >= 15 is 0 Å². The summed E-state index contributed by atoms with van der Waals surface area (Å²) in [7, 11) is 1.49. The highest BCUT2D eigenvalue weighted by Crippen LogP contribution is 2.35. The Kier molecular flexibility index (Phi) is 8.06. The molecule has 0 saturated carbocycles. The predicted molar refractivity (Wildman–Crippen MR) is 135 cm³/mol.